The number of amides is 1. The summed E-state index contributed by atoms with van der Waals surface area (Å²) in [4.78, 5) is 11.8. The van der Waals surface area contributed by atoms with Crippen LogP contribution in [0, 0.1) is 0 Å². The molecule has 5 nitrogen and oxygen atoms in total. The first-order valence-corrected chi connectivity index (χ1v) is 6.52. The standard InChI is InChI=1S/C12H25N3O2/c1-2-17-11(8-13)7-12(16)15-10-5-3-9(14)4-6-10/h9-11H,2-8,13-14H2,1H3,(H,15,16). The van der Waals surface area contributed by atoms with Gasteiger partial charge in [0, 0.05) is 25.2 Å². The van der Waals surface area contributed by atoms with Crippen molar-refractivity contribution in [2.45, 2.75) is 57.2 Å². The number of carbonyl (C=O) groups excluding carboxylic acids is 1. The van der Waals surface area contributed by atoms with Gasteiger partial charge in [0.15, 0.2) is 0 Å². The lowest BCUT2D eigenvalue weighted by Crippen LogP contribution is -2.42. The Morgan fingerprint density at radius 2 is 2.06 bits per heavy atom. The van der Waals surface area contributed by atoms with Crippen molar-refractivity contribution in [2.24, 2.45) is 11.5 Å². The average molecular weight is 243 g/mol. The highest BCUT2D eigenvalue weighted by atomic mass is 16.5. The van der Waals surface area contributed by atoms with Crippen molar-refractivity contribution in [2.75, 3.05) is 13.2 Å². The third kappa shape index (κ3) is 5.48. The van der Waals surface area contributed by atoms with E-state index in [1.807, 2.05) is 6.92 Å². The minimum Gasteiger partial charge on any atom is -0.377 e. The Labute approximate surface area is 103 Å². The van der Waals surface area contributed by atoms with Gasteiger partial charge >= 0.3 is 0 Å². The molecule has 1 aliphatic carbocycles. The van der Waals surface area contributed by atoms with Gasteiger partial charge in [-0.05, 0) is 32.6 Å². The molecule has 1 amide bonds. The molecule has 1 rings (SSSR count). The summed E-state index contributed by atoms with van der Waals surface area (Å²) in [6.45, 7) is 2.88. The molecular weight excluding hydrogens is 218 g/mol. The molecule has 100 valence electrons. The third-order valence-electron chi connectivity index (χ3n) is 3.22. The first-order chi connectivity index (χ1) is 8.15. The van der Waals surface area contributed by atoms with Crippen LogP contribution in [0.15, 0.2) is 0 Å². The molecule has 0 aromatic carbocycles. The first-order valence-electron chi connectivity index (χ1n) is 6.52. The van der Waals surface area contributed by atoms with Gasteiger partial charge in [0.25, 0.3) is 0 Å². The van der Waals surface area contributed by atoms with E-state index in [-0.39, 0.29) is 18.1 Å². The molecule has 0 saturated heterocycles. The summed E-state index contributed by atoms with van der Waals surface area (Å²) in [5.41, 5.74) is 11.4. The average Bonchev–Trinajstić information content (AvgIpc) is 2.31. The zero-order valence-electron chi connectivity index (χ0n) is 10.7. The Kier molecular flexibility index (Phi) is 6.47. The van der Waals surface area contributed by atoms with E-state index < -0.39 is 0 Å². The fourth-order valence-electron chi connectivity index (χ4n) is 2.20. The minimum absolute atomic E-state index is 0.0365. The molecule has 17 heavy (non-hydrogen) atoms. The van der Waals surface area contributed by atoms with Crippen molar-refractivity contribution in [3.05, 3.63) is 0 Å². The Bertz CT molecular complexity index is 228. The summed E-state index contributed by atoms with van der Waals surface area (Å²) in [7, 11) is 0. The van der Waals surface area contributed by atoms with Gasteiger partial charge in [0.05, 0.1) is 12.5 Å². The topological polar surface area (TPSA) is 90.4 Å². The molecule has 0 spiro atoms. The number of hydrogen-bond acceptors (Lipinski definition) is 4. The van der Waals surface area contributed by atoms with Gasteiger partial charge in [-0.3, -0.25) is 4.79 Å². The van der Waals surface area contributed by atoms with Crippen LogP contribution in [0.5, 0.6) is 0 Å². The zero-order valence-corrected chi connectivity index (χ0v) is 10.7. The van der Waals surface area contributed by atoms with Crippen molar-refractivity contribution >= 4 is 5.91 Å². The highest BCUT2D eigenvalue weighted by molar-refractivity contribution is 5.76. The SMILES string of the molecule is CCOC(CN)CC(=O)NC1CCC(N)CC1. The maximum Gasteiger partial charge on any atom is 0.222 e. The number of nitrogens with one attached hydrogen (secondary N) is 1. The van der Waals surface area contributed by atoms with Crippen LogP contribution in [0.1, 0.15) is 39.0 Å². The zero-order chi connectivity index (χ0) is 12.7. The maximum absolute atomic E-state index is 11.8. The number of nitrogens with two attached hydrogens (primary N) is 2. The fourth-order valence-corrected chi connectivity index (χ4v) is 2.20. The number of rotatable bonds is 6. The van der Waals surface area contributed by atoms with Crippen molar-refractivity contribution in [3.63, 3.8) is 0 Å². The smallest absolute Gasteiger partial charge is 0.222 e. The summed E-state index contributed by atoms with van der Waals surface area (Å²) < 4.78 is 5.36. The van der Waals surface area contributed by atoms with E-state index >= 15 is 0 Å². The Morgan fingerprint density at radius 1 is 1.41 bits per heavy atom. The lowest BCUT2D eigenvalue weighted by atomic mass is 9.92. The third-order valence-corrected chi connectivity index (χ3v) is 3.22. The van der Waals surface area contributed by atoms with Gasteiger partial charge in [0.1, 0.15) is 0 Å². The number of carbonyl (C=O) groups is 1. The molecule has 1 unspecified atom stereocenters. The van der Waals surface area contributed by atoms with E-state index in [4.69, 9.17) is 16.2 Å². The number of hydrogen-bond donors (Lipinski definition) is 3. The minimum atomic E-state index is -0.161. The van der Waals surface area contributed by atoms with Crippen molar-refractivity contribution in [1.29, 1.82) is 0 Å². The van der Waals surface area contributed by atoms with Gasteiger partial charge in [0.2, 0.25) is 5.91 Å². The molecule has 0 radical (unpaired) electrons. The van der Waals surface area contributed by atoms with E-state index in [1.165, 1.54) is 0 Å². The fraction of sp³-hybridized carbons (Fsp3) is 0.917. The summed E-state index contributed by atoms with van der Waals surface area (Å²) >= 11 is 0. The Balaban J connectivity index is 2.24. The van der Waals surface area contributed by atoms with E-state index in [1.54, 1.807) is 0 Å². The second-order valence-corrected chi connectivity index (χ2v) is 4.70. The first kappa shape index (κ1) is 14.4. The molecule has 0 aromatic heterocycles. The van der Waals surface area contributed by atoms with E-state index in [0.717, 1.165) is 25.7 Å². The number of ether oxygens (including phenoxy) is 1. The van der Waals surface area contributed by atoms with Gasteiger partial charge in [-0.15, -0.1) is 0 Å². The Hall–Kier alpha value is -0.650. The lowest BCUT2D eigenvalue weighted by Gasteiger charge is -2.27. The summed E-state index contributed by atoms with van der Waals surface area (Å²) in [5.74, 6) is 0.0365. The maximum atomic E-state index is 11.8. The van der Waals surface area contributed by atoms with Crippen molar-refractivity contribution in [3.8, 4) is 0 Å². The monoisotopic (exact) mass is 243 g/mol. The molecule has 0 heterocycles. The second kappa shape index (κ2) is 7.63. The molecular formula is C12H25N3O2. The summed E-state index contributed by atoms with van der Waals surface area (Å²) in [6.07, 6.45) is 4.15. The Morgan fingerprint density at radius 3 is 2.59 bits per heavy atom. The molecule has 0 aliphatic heterocycles. The van der Waals surface area contributed by atoms with E-state index in [9.17, 15) is 4.79 Å². The van der Waals surface area contributed by atoms with Crippen molar-refractivity contribution < 1.29 is 9.53 Å². The molecule has 0 aromatic rings. The van der Waals surface area contributed by atoms with Crippen LogP contribution in [0.3, 0.4) is 0 Å². The quantitative estimate of drug-likeness (QED) is 0.618. The van der Waals surface area contributed by atoms with Crippen LogP contribution < -0.4 is 16.8 Å². The van der Waals surface area contributed by atoms with Crippen LogP contribution in [-0.4, -0.2) is 37.2 Å². The normalized spacial score (nSPS) is 26.5. The molecule has 0 bridgehead atoms. The van der Waals surface area contributed by atoms with Crippen LogP contribution in [0.4, 0.5) is 0 Å². The van der Waals surface area contributed by atoms with Crippen molar-refractivity contribution in [1.82, 2.24) is 5.32 Å². The summed E-state index contributed by atoms with van der Waals surface area (Å²) in [6, 6.07) is 0.589. The predicted molar refractivity (Wildman–Crippen MR) is 67.5 cm³/mol. The van der Waals surface area contributed by atoms with E-state index in [2.05, 4.69) is 5.32 Å². The molecule has 5 heteroatoms. The van der Waals surface area contributed by atoms with Crippen LogP contribution in [-0.2, 0) is 9.53 Å². The molecule has 5 N–H and O–H groups in total. The molecule has 1 fully saturated rings. The second-order valence-electron chi connectivity index (χ2n) is 4.70. The predicted octanol–water partition coefficient (Wildman–Crippen LogP) is 0.126. The van der Waals surface area contributed by atoms with Gasteiger partial charge in [-0.1, -0.05) is 0 Å². The highest BCUT2D eigenvalue weighted by Gasteiger charge is 2.21. The highest BCUT2D eigenvalue weighted by Crippen LogP contribution is 2.17. The van der Waals surface area contributed by atoms with Crippen LogP contribution in [0.2, 0.25) is 0 Å². The van der Waals surface area contributed by atoms with Crippen LogP contribution in [0.25, 0.3) is 0 Å². The molecule has 1 aliphatic rings. The largest absolute Gasteiger partial charge is 0.377 e. The van der Waals surface area contributed by atoms with Crippen LogP contribution >= 0.6 is 0 Å². The molecule has 1 saturated carbocycles. The van der Waals surface area contributed by atoms with Gasteiger partial charge in [-0.25, -0.2) is 0 Å². The lowest BCUT2D eigenvalue weighted by molar-refractivity contribution is -0.124. The van der Waals surface area contributed by atoms with Gasteiger partial charge in [-0.2, -0.15) is 0 Å². The summed E-state index contributed by atoms with van der Waals surface area (Å²) in [5, 5.41) is 3.03. The van der Waals surface area contributed by atoms with Gasteiger partial charge < -0.3 is 21.5 Å². The molecule has 1 atom stereocenters. The van der Waals surface area contributed by atoms with E-state index in [0.29, 0.717) is 25.6 Å².